The number of rotatable bonds is 2. The fourth-order valence-electron chi connectivity index (χ4n) is 2.13. The maximum Gasteiger partial charge on any atom is 0.133 e. The monoisotopic (exact) mass is 217 g/mol. The van der Waals surface area contributed by atoms with Gasteiger partial charge in [-0.25, -0.2) is 0 Å². The summed E-state index contributed by atoms with van der Waals surface area (Å²) in [6.45, 7) is 4.78. The van der Waals surface area contributed by atoms with Crippen LogP contribution in [0, 0.1) is 0 Å². The molecule has 1 aliphatic heterocycles. The molecule has 3 nitrogen and oxygen atoms in total. The average Bonchev–Trinajstić information content (AvgIpc) is 2.77. The first-order valence-electron chi connectivity index (χ1n) is 5.68. The molecule has 16 heavy (non-hydrogen) atoms. The number of fused-ring (bicyclic) bond motifs is 1. The molecule has 0 N–H and O–H groups in total. The molecule has 0 spiro atoms. The minimum absolute atomic E-state index is 0.855. The lowest BCUT2D eigenvalue weighted by atomic mass is 10.1. The predicted octanol–water partition coefficient (Wildman–Crippen LogP) is 2.27. The quantitative estimate of drug-likeness (QED) is 0.771. The first-order chi connectivity index (χ1) is 7.92. The summed E-state index contributed by atoms with van der Waals surface area (Å²) >= 11 is 0. The Bertz CT molecular complexity index is 471. The van der Waals surface area contributed by atoms with Crippen LogP contribution in [0.3, 0.4) is 0 Å². The topological polar surface area (TPSA) is 25.6 Å². The van der Waals surface area contributed by atoms with Crippen molar-refractivity contribution in [1.29, 1.82) is 0 Å². The van der Waals surface area contributed by atoms with Crippen LogP contribution in [-0.4, -0.2) is 31.2 Å². The molecule has 1 aromatic carbocycles. The molecule has 84 valence electrons. The van der Waals surface area contributed by atoms with Crippen LogP contribution in [-0.2, 0) is 11.3 Å². The molecule has 2 aromatic rings. The summed E-state index contributed by atoms with van der Waals surface area (Å²) in [6, 6.07) is 8.40. The third-order valence-electron chi connectivity index (χ3n) is 3.03. The van der Waals surface area contributed by atoms with Crippen LogP contribution in [0.25, 0.3) is 11.0 Å². The minimum atomic E-state index is 0.855. The highest BCUT2D eigenvalue weighted by Gasteiger charge is 2.10. The van der Waals surface area contributed by atoms with Crippen molar-refractivity contribution in [3.8, 4) is 0 Å². The molecule has 0 atom stereocenters. The van der Waals surface area contributed by atoms with E-state index in [1.807, 2.05) is 12.1 Å². The van der Waals surface area contributed by atoms with Crippen molar-refractivity contribution in [2.24, 2.45) is 0 Å². The maximum atomic E-state index is 5.34. The molecule has 0 saturated carbocycles. The Kier molecular flexibility index (Phi) is 2.64. The van der Waals surface area contributed by atoms with E-state index < -0.39 is 0 Å². The Labute approximate surface area is 94.6 Å². The Hall–Kier alpha value is -1.32. The molecule has 1 aromatic heterocycles. The van der Waals surface area contributed by atoms with E-state index >= 15 is 0 Å². The second kappa shape index (κ2) is 4.28. The molecular weight excluding hydrogens is 202 g/mol. The zero-order valence-corrected chi connectivity index (χ0v) is 9.19. The Morgan fingerprint density at radius 2 is 2.00 bits per heavy atom. The highest BCUT2D eigenvalue weighted by atomic mass is 16.5. The lowest BCUT2D eigenvalue weighted by Crippen LogP contribution is -2.35. The summed E-state index contributed by atoms with van der Waals surface area (Å²) in [5, 5.41) is 1.19. The summed E-state index contributed by atoms with van der Waals surface area (Å²) < 4.78 is 10.7. The number of benzene rings is 1. The van der Waals surface area contributed by atoms with Crippen LogP contribution in [0.1, 0.15) is 5.56 Å². The van der Waals surface area contributed by atoms with Crippen molar-refractivity contribution in [3.05, 3.63) is 36.1 Å². The fourth-order valence-corrected chi connectivity index (χ4v) is 2.13. The third kappa shape index (κ3) is 1.96. The third-order valence-corrected chi connectivity index (χ3v) is 3.03. The Morgan fingerprint density at radius 3 is 2.88 bits per heavy atom. The smallest absolute Gasteiger partial charge is 0.133 e. The van der Waals surface area contributed by atoms with Gasteiger partial charge in [-0.2, -0.15) is 0 Å². The van der Waals surface area contributed by atoms with Crippen LogP contribution < -0.4 is 0 Å². The summed E-state index contributed by atoms with van der Waals surface area (Å²) in [5.74, 6) is 0. The summed E-state index contributed by atoms with van der Waals surface area (Å²) in [7, 11) is 0. The average molecular weight is 217 g/mol. The highest BCUT2D eigenvalue weighted by Crippen LogP contribution is 2.18. The lowest BCUT2D eigenvalue weighted by Gasteiger charge is -2.26. The van der Waals surface area contributed by atoms with Gasteiger partial charge in [0.25, 0.3) is 0 Å². The van der Waals surface area contributed by atoms with Gasteiger partial charge in [-0.15, -0.1) is 0 Å². The number of nitrogens with zero attached hydrogens (tertiary/aromatic N) is 1. The van der Waals surface area contributed by atoms with E-state index in [9.17, 15) is 0 Å². The van der Waals surface area contributed by atoms with Crippen molar-refractivity contribution in [3.63, 3.8) is 0 Å². The summed E-state index contributed by atoms with van der Waals surface area (Å²) in [5.41, 5.74) is 2.31. The van der Waals surface area contributed by atoms with Crippen LogP contribution in [0.5, 0.6) is 0 Å². The zero-order chi connectivity index (χ0) is 10.8. The number of ether oxygens (including phenoxy) is 1. The van der Waals surface area contributed by atoms with E-state index in [0.717, 1.165) is 38.4 Å². The van der Waals surface area contributed by atoms with Crippen LogP contribution in [0.2, 0.25) is 0 Å². The number of morpholine rings is 1. The van der Waals surface area contributed by atoms with Gasteiger partial charge in [-0.1, -0.05) is 6.07 Å². The SMILES string of the molecule is c1cc2cc(CN3CCOCC3)ccc2o1. The molecular formula is C13H15NO2. The van der Waals surface area contributed by atoms with E-state index in [1.165, 1.54) is 10.9 Å². The first-order valence-corrected chi connectivity index (χ1v) is 5.68. The number of hydrogen-bond acceptors (Lipinski definition) is 3. The predicted molar refractivity (Wildman–Crippen MR) is 62.3 cm³/mol. The first kappa shape index (κ1) is 9.87. The number of hydrogen-bond donors (Lipinski definition) is 0. The summed E-state index contributed by atoms with van der Waals surface area (Å²) in [4.78, 5) is 2.42. The normalized spacial score (nSPS) is 18.0. The zero-order valence-electron chi connectivity index (χ0n) is 9.19. The molecule has 1 aliphatic rings. The molecule has 1 saturated heterocycles. The van der Waals surface area contributed by atoms with Gasteiger partial charge in [0, 0.05) is 25.0 Å². The Balaban J connectivity index is 1.77. The molecule has 0 amide bonds. The minimum Gasteiger partial charge on any atom is -0.464 e. The van der Waals surface area contributed by atoms with Gasteiger partial charge in [-0.3, -0.25) is 4.90 Å². The summed E-state index contributed by atoms with van der Waals surface area (Å²) in [6.07, 6.45) is 1.74. The molecule has 3 heteroatoms. The lowest BCUT2D eigenvalue weighted by molar-refractivity contribution is 0.0342. The van der Waals surface area contributed by atoms with Gasteiger partial charge in [0.05, 0.1) is 19.5 Å². The highest BCUT2D eigenvalue weighted by molar-refractivity contribution is 5.77. The van der Waals surface area contributed by atoms with Crippen molar-refractivity contribution < 1.29 is 9.15 Å². The largest absolute Gasteiger partial charge is 0.464 e. The van der Waals surface area contributed by atoms with Gasteiger partial charge in [0.2, 0.25) is 0 Å². The second-order valence-corrected chi connectivity index (χ2v) is 4.18. The molecule has 2 heterocycles. The molecule has 3 rings (SSSR count). The Morgan fingerprint density at radius 1 is 1.12 bits per heavy atom. The molecule has 0 aliphatic carbocycles. The second-order valence-electron chi connectivity index (χ2n) is 4.18. The molecule has 0 unspecified atom stereocenters. The molecule has 0 bridgehead atoms. The molecule has 1 fully saturated rings. The van der Waals surface area contributed by atoms with E-state index in [-0.39, 0.29) is 0 Å². The van der Waals surface area contributed by atoms with Gasteiger partial charge >= 0.3 is 0 Å². The van der Waals surface area contributed by atoms with E-state index in [4.69, 9.17) is 9.15 Å². The van der Waals surface area contributed by atoms with Crippen LogP contribution in [0.4, 0.5) is 0 Å². The van der Waals surface area contributed by atoms with E-state index in [2.05, 4.69) is 17.0 Å². The van der Waals surface area contributed by atoms with Gasteiger partial charge in [-0.05, 0) is 23.8 Å². The number of furan rings is 1. The van der Waals surface area contributed by atoms with Crippen LogP contribution in [0.15, 0.2) is 34.9 Å². The van der Waals surface area contributed by atoms with Gasteiger partial charge < -0.3 is 9.15 Å². The van der Waals surface area contributed by atoms with Gasteiger partial charge in [0.15, 0.2) is 0 Å². The van der Waals surface area contributed by atoms with Crippen LogP contribution >= 0.6 is 0 Å². The van der Waals surface area contributed by atoms with Crippen molar-refractivity contribution in [2.45, 2.75) is 6.54 Å². The van der Waals surface area contributed by atoms with E-state index in [0.29, 0.717) is 0 Å². The van der Waals surface area contributed by atoms with Crippen molar-refractivity contribution in [1.82, 2.24) is 4.90 Å². The van der Waals surface area contributed by atoms with E-state index in [1.54, 1.807) is 6.26 Å². The fraction of sp³-hybridized carbons (Fsp3) is 0.385. The maximum absolute atomic E-state index is 5.34. The van der Waals surface area contributed by atoms with Crippen molar-refractivity contribution >= 4 is 11.0 Å². The standard InChI is InChI=1S/C13H15NO2/c1-2-13-12(3-6-16-13)9-11(1)10-14-4-7-15-8-5-14/h1-3,6,9H,4-5,7-8,10H2. The molecule has 0 radical (unpaired) electrons. The van der Waals surface area contributed by atoms with Crippen molar-refractivity contribution in [2.75, 3.05) is 26.3 Å². The van der Waals surface area contributed by atoms with Gasteiger partial charge in [0.1, 0.15) is 5.58 Å².